The maximum atomic E-state index is 12.0. The molecule has 0 saturated carbocycles. The molecule has 0 aromatic heterocycles. The number of hydrogen-bond acceptors (Lipinski definition) is 3. The predicted molar refractivity (Wildman–Crippen MR) is 80.7 cm³/mol. The molecule has 7 heteroatoms. The molecule has 5 nitrogen and oxygen atoms in total. The van der Waals surface area contributed by atoms with Gasteiger partial charge in [-0.3, -0.25) is 14.9 Å². The minimum absolute atomic E-state index is 0.0758. The smallest absolute Gasteiger partial charge is 0.271 e. The zero-order valence-electron chi connectivity index (χ0n) is 10.6. The van der Waals surface area contributed by atoms with Gasteiger partial charge in [0.25, 0.3) is 11.6 Å². The van der Waals surface area contributed by atoms with Crippen LogP contribution in [0.25, 0.3) is 0 Å². The second kappa shape index (κ2) is 6.47. The van der Waals surface area contributed by atoms with Gasteiger partial charge in [0.1, 0.15) is 0 Å². The molecule has 0 radical (unpaired) electrons. The monoisotopic (exact) mass is 392 g/mol. The summed E-state index contributed by atoms with van der Waals surface area (Å²) in [5.74, 6) is -0.321. The summed E-state index contributed by atoms with van der Waals surface area (Å²) in [5, 5.41) is 14.3. The number of nitro benzene ring substituents is 1. The molecule has 1 aromatic carbocycles. The lowest BCUT2D eigenvalue weighted by molar-refractivity contribution is -0.385. The second-order valence-electron chi connectivity index (χ2n) is 4.94. The molecule has 0 aliphatic carbocycles. The van der Waals surface area contributed by atoms with Crippen LogP contribution in [0.4, 0.5) is 5.69 Å². The van der Waals surface area contributed by atoms with Crippen LogP contribution >= 0.6 is 31.9 Å². The first-order valence-electron chi connectivity index (χ1n) is 5.54. The third-order valence-electron chi connectivity index (χ3n) is 2.44. The van der Waals surface area contributed by atoms with E-state index in [1.165, 1.54) is 12.1 Å². The summed E-state index contributed by atoms with van der Waals surface area (Å²) in [6.07, 6.45) is 0. The van der Waals surface area contributed by atoms with Gasteiger partial charge in [0.2, 0.25) is 0 Å². The lowest BCUT2D eigenvalue weighted by atomic mass is 9.97. The fraction of sp³-hybridized carbons (Fsp3) is 0.417. The third kappa shape index (κ3) is 4.91. The van der Waals surface area contributed by atoms with Gasteiger partial charge >= 0.3 is 0 Å². The first kappa shape index (κ1) is 16.1. The van der Waals surface area contributed by atoms with Crippen molar-refractivity contribution in [2.24, 2.45) is 5.41 Å². The summed E-state index contributed by atoms with van der Waals surface area (Å²) in [7, 11) is 0. The summed E-state index contributed by atoms with van der Waals surface area (Å²) >= 11 is 6.53. The predicted octanol–water partition coefficient (Wildman–Crippen LogP) is 3.51. The standard InChI is InChI=1S/C12H14Br2N2O3/c1-12(2,6-13)7-15-11(17)8-3-9(14)5-10(4-8)16(18)19/h3-5H,6-7H2,1-2H3,(H,15,17). The molecule has 0 atom stereocenters. The molecule has 0 spiro atoms. The van der Waals surface area contributed by atoms with Crippen molar-refractivity contribution in [2.75, 3.05) is 11.9 Å². The highest BCUT2D eigenvalue weighted by Crippen LogP contribution is 2.22. The van der Waals surface area contributed by atoms with Crippen molar-refractivity contribution in [3.8, 4) is 0 Å². The normalized spacial score (nSPS) is 11.2. The Balaban J connectivity index is 2.85. The highest BCUT2D eigenvalue weighted by molar-refractivity contribution is 9.10. The Morgan fingerprint density at radius 1 is 1.42 bits per heavy atom. The number of amides is 1. The maximum Gasteiger partial charge on any atom is 0.271 e. The van der Waals surface area contributed by atoms with E-state index in [-0.39, 0.29) is 22.6 Å². The van der Waals surface area contributed by atoms with Crippen LogP contribution in [-0.2, 0) is 0 Å². The van der Waals surface area contributed by atoms with Crippen LogP contribution in [0.15, 0.2) is 22.7 Å². The molecule has 1 N–H and O–H groups in total. The number of halogens is 2. The molecular weight excluding hydrogens is 380 g/mol. The van der Waals surface area contributed by atoms with Gasteiger partial charge in [0.05, 0.1) is 4.92 Å². The molecule has 0 aliphatic rings. The number of carbonyl (C=O) groups is 1. The molecule has 104 valence electrons. The number of nitrogens with zero attached hydrogens (tertiary/aromatic N) is 1. The molecule has 0 fully saturated rings. The van der Waals surface area contributed by atoms with Gasteiger partial charge in [-0.05, 0) is 11.5 Å². The topological polar surface area (TPSA) is 72.2 Å². The van der Waals surface area contributed by atoms with E-state index >= 15 is 0 Å². The van der Waals surface area contributed by atoms with Gasteiger partial charge in [0, 0.05) is 34.0 Å². The first-order chi connectivity index (χ1) is 8.75. The van der Waals surface area contributed by atoms with Crippen LogP contribution < -0.4 is 5.32 Å². The number of nitrogens with one attached hydrogen (secondary N) is 1. The van der Waals surface area contributed by atoms with Gasteiger partial charge in [-0.1, -0.05) is 45.7 Å². The number of hydrogen-bond donors (Lipinski definition) is 1. The molecule has 19 heavy (non-hydrogen) atoms. The summed E-state index contributed by atoms with van der Waals surface area (Å²) in [4.78, 5) is 22.2. The van der Waals surface area contributed by atoms with Crippen molar-refractivity contribution in [1.29, 1.82) is 0 Å². The number of rotatable bonds is 5. The second-order valence-corrected chi connectivity index (χ2v) is 6.41. The van der Waals surface area contributed by atoms with Crippen LogP contribution in [0.1, 0.15) is 24.2 Å². The molecule has 1 rings (SSSR count). The fourth-order valence-corrected chi connectivity index (χ4v) is 1.96. The van der Waals surface area contributed by atoms with Crippen molar-refractivity contribution >= 4 is 43.5 Å². The summed E-state index contributed by atoms with van der Waals surface area (Å²) in [6.45, 7) is 4.49. The molecule has 0 saturated heterocycles. The Labute approximate surface area is 128 Å². The Hall–Kier alpha value is -0.950. The number of alkyl halides is 1. The average molecular weight is 394 g/mol. The first-order valence-corrected chi connectivity index (χ1v) is 7.46. The maximum absolute atomic E-state index is 12.0. The van der Waals surface area contributed by atoms with Crippen LogP contribution in [0.3, 0.4) is 0 Å². The minimum atomic E-state index is -0.524. The van der Waals surface area contributed by atoms with E-state index in [0.29, 0.717) is 11.0 Å². The third-order valence-corrected chi connectivity index (χ3v) is 4.42. The Kier molecular flexibility index (Phi) is 5.49. The Morgan fingerprint density at radius 3 is 2.58 bits per heavy atom. The van der Waals surface area contributed by atoms with Crippen molar-refractivity contribution in [3.05, 3.63) is 38.3 Å². The van der Waals surface area contributed by atoms with Crippen molar-refractivity contribution < 1.29 is 9.72 Å². The number of carbonyl (C=O) groups excluding carboxylic acids is 1. The quantitative estimate of drug-likeness (QED) is 0.472. The van der Waals surface area contributed by atoms with Crippen molar-refractivity contribution in [1.82, 2.24) is 5.32 Å². The van der Waals surface area contributed by atoms with Crippen LogP contribution in [0.5, 0.6) is 0 Å². The van der Waals surface area contributed by atoms with E-state index < -0.39 is 4.92 Å². The van der Waals surface area contributed by atoms with Gasteiger partial charge in [-0.25, -0.2) is 0 Å². The molecule has 0 heterocycles. The van der Waals surface area contributed by atoms with E-state index in [1.807, 2.05) is 13.8 Å². The van der Waals surface area contributed by atoms with Gasteiger partial charge in [-0.2, -0.15) is 0 Å². The average Bonchev–Trinajstić information content (AvgIpc) is 2.35. The number of nitro groups is 1. The zero-order valence-corrected chi connectivity index (χ0v) is 13.7. The lowest BCUT2D eigenvalue weighted by Crippen LogP contribution is -2.34. The molecule has 1 aromatic rings. The van der Waals surface area contributed by atoms with E-state index in [2.05, 4.69) is 37.2 Å². The van der Waals surface area contributed by atoms with Gasteiger partial charge in [0.15, 0.2) is 0 Å². The summed E-state index contributed by atoms with van der Waals surface area (Å²) in [6, 6.07) is 4.18. The zero-order chi connectivity index (χ0) is 14.6. The number of non-ortho nitro benzene ring substituents is 1. The fourth-order valence-electron chi connectivity index (χ4n) is 1.28. The summed E-state index contributed by atoms with van der Waals surface area (Å²) < 4.78 is 0.506. The largest absolute Gasteiger partial charge is 0.351 e. The van der Waals surface area contributed by atoms with E-state index in [4.69, 9.17) is 0 Å². The van der Waals surface area contributed by atoms with Gasteiger partial charge < -0.3 is 5.32 Å². The lowest BCUT2D eigenvalue weighted by Gasteiger charge is -2.21. The molecular formula is C12H14Br2N2O3. The molecule has 0 bridgehead atoms. The van der Waals surface area contributed by atoms with E-state index in [0.717, 1.165) is 5.33 Å². The summed E-state index contributed by atoms with van der Waals surface area (Å²) in [5.41, 5.74) is 0.0823. The Bertz CT molecular complexity index is 504. The van der Waals surface area contributed by atoms with Crippen LogP contribution in [-0.4, -0.2) is 22.7 Å². The highest BCUT2D eigenvalue weighted by Gasteiger charge is 2.19. The van der Waals surface area contributed by atoms with Crippen molar-refractivity contribution in [2.45, 2.75) is 13.8 Å². The van der Waals surface area contributed by atoms with Gasteiger partial charge in [-0.15, -0.1) is 0 Å². The van der Waals surface area contributed by atoms with E-state index in [9.17, 15) is 14.9 Å². The number of benzene rings is 1. The van der Waals surface area contributed by atoms with Crippen molar-refractivity contribution in [3.63, 3.8) is 0 Å². The van der Waals surface area contributed by atoms with E-state index in [1.54, 1.807) is 6.07 Å². The Morgan fingerprint density at radius 2 is 2.05 bits per heavy atom. The molecule has 1 amide bonds. The SMILES string of the molecule is CC(C)(CBr)CNC(=O)c1cc(Br)cc([N+](=O)[O-])c1. The van der Waals surface area contributed by atoms with Crippen LogP contribution in [0, 0.1) is 15.5 Å². The van der Waals surface area contributed by atoms with Crippen LogP contribution in [0.2, 0.25) is 0 Å². The highest BCUT2D eigenvalue weighted by atomic mass is 79.9. The minimum Gasteiger partial charge on any atom is -0.351 e. The molecule has 0 aliphatic heterocycles. The molecule has 0 unspecified atom stereocenters.